The maximum Gasteiger partial charge on any atom is 0.263 e. The first-order chi connectivity index (χ1) is 8.50. The number of hydrogen-bond acceptors (Lipinski definition) is 3. The SMILES string of the molecule is CC(C)CCC(C)n1c(=S)[nH]c2sccc2c1=O. The number of H-pyrrole nitrogens is 1. The van der Waals surface area contributed by atoms with E-state index in [1.165, 1.54) is 11.3 Å². The fraction of sp³-hybridized carbons (Fsp3) is 0.538. The van der Waals surface area contributed by atoms with Crippen LogP contribution in [0.25, 0.3) is 10.2 Å². The van der Waals surface area contributed by atoms with Gasteiger partial charge >= 0.3 is 0 Å². The molecule has 0 radical (unpaired) electrons. The Morgan fingerprint density at radius 1 is 1.39 bits per heavy atom. The van der Waals surface area contributed by atoms with Gasteiger partial charge in [0, 0.05) is 6.04 Å². The summed E-state index contributed by atoms with van der Waals surface area (Å²) in [5, 5.41) is 2.66. The van der Waals surface area contributed by atoms with E-state index in [9.17, 15) is 4.79 Å². The van der Waals surface area contributed by atoms with E-state index >= 15 is 0 Å². The number of aromatic nitrogens is 2. The molecule has 1 N–H and O–H groups in total. The molecule has 0 aromatic carbocycles. The topological polar surface area (TPSA) is 37.8 Å². The fourth-order valence-electron chi connectivity index (χ4n) is 2.06. The Bertz CT molecular complexity index is 651. The molecule has 0 amide bonds. The smallest absolute Gasteiger partial charge is 0.263 e. The molecule has 0 aliphatic heterocycles. The Balaban J connectivity index is 2.43. The van der Waals surface area contributed by atoms with E-state index in [2.05, 4.69) is 25.8 Å². The molecule has 0 spiro atoms. The van der Waals surface area contributed by atoms with E-state index in [0.29, 0.717) is 10.7 Å². The Labute approximate surface area is 115 Å². The van der Waals surface area contributed by atoms with Crippen molar-refractivity contribution in [2.75, 3.05) is 0 Å². The highest BCUT2D eigenvalue weighted by Crippen LogP contribution is 2.19. The van der Waals surface area contributed by atoms with Gasteiger partial charge in [-0.15, -0.1) is 11.3 Å². The third-order valence-corrected chi connectivity index (χ3v) is 4.28. The molecule has 0 saturated heterocycles. The zero-order valence-electron chi connectivity index (χ0n) is 10.9. The van der Waals surface area contributed by atoms with Crippen LogP contribution in [0.15, 0.2) is 16.2 Å². The van der Waals surface area contributed by atoms with Crippen LogP contribution < -0.4 is 5.56 Å². The quantitative estimate of drug-likeness (QED) is 0.857. The van der Waals surface area contributed by atoms with Crippen molar-refractivity contribution in [3.05, 3.63) is 26.6 Å². The third kappa shape index (κ3) is 2.57. The van der Waals surface area contributed by atoms with E-state index in [4.69, 9.17) is 12.2 Å². The Morgan fingerprint density at radius 3 is 2.78 bits per heavy atom. The van der Waals surface area contributed by atoms with Crippen LogP contribution in [0, 0.1) is 10.7 Å². The molecular formula is C13H18N2OS2. The molecule has 1 unspecified atom stereocenters. The molecule has 98 valence electrons. The predicted octanol–water partition coefficient (Wildman–Crippen LogP) is 4.12. The second kappa shape index (κ2) is 5.36. The lowest BCUT2D eigenvalue weighted by Gasteiger charge is -2.16. The monoisotopic (exact) mass is 282 g/mol. The molecule has 1 atom stereocenters. The van der Waals surface area contributed by atoms with Gasteiger partial charge in [-0.1, -0.05) is 13.8 Å². The van der Waals surface area contributed by atoms with Crippen molar-refractivity contribution in [2.45, 2.75) is 39.7 Å². The maximum absolute atomic E-state index is 12.4. The maximum atomic E-state index is 12.4. The van der Waals surface area contributed by atoms with Gasteiger partial charge in [-0.3, -0.25) is 9.36 Å². The first-order valence-electron chi connectivity index (χ1n) is 6.22. The molecular weight excluding hydrogens is 264 g/mol. The Morgan fingerprint density at radius 2 is 2.11 bits per heavy atom. The van der Waals surface area contributed by atoms with Crippen molar-refractivity contribution in [3.8, 4) is 0 Å². The number of aromatic amines is 1. The van der Waals surface area contributed by atoms with Crippen molar-refractivity contribution in [1.82, 2.24) is 9.55 Å². The van der Waals surface area contributed by atoms with Crippen LogP contribution in [0.3, 0.4) is 0 Å². The van der Waals surface area contributed by atoms with Crippen LogP contribution in [0.4, 0.5) is 0 Å². The van der Waals surface area contributed by atoms with E-state index < -0.39 is 0 Å². The second-order valence-electron chi connectivity index (χ2n) is 5.09. The van der Waals surface area contributed by atoms with Gasteiger partial charge < -0.3 is 4.98 Å². The summed E-state index contributed by atoms with van der Waals surface area (Å²) < 4.78 is 2.25. The van der Waals surface area contributed by atoms with Crippen LogP contribution in [0.1, 0.15) is 39.7 Å². The van der Waals surface area contributed by atoms with Crippen molar-refractivity contribution in [1.29, 1.82) is 0 Å². The van der Waals surface area contributed by atoms with Gasteiger partial charge in [-0.25, -0.2) is 0 Å². The minimum Gasteiger partial charge on any atom is -0.323 e. The predicted molar refractivity (Wildman–Crippen MR) is 80.1 cm³/mol. The van der Waals surface area contributed by atoms with Crippen molar-refractivity contribution < 1.29 is 0 Å². The first kappa shape index (κ1) is 13.5. The lowest BCUT2D eigenvalue weighted by Crippen LogP contribution is -2.25. The van der Waals surface area contributed by atoms with Crippen molar-refractivity contribution in [2.24, 2.45) is 5.92 Å². The average molecular weight is 282 g/mol. The number of nitrogens with one attached hydrogen (secondary N) is 1. The highest BCUT2D eigenvalue weighted by Gasteiger charge is 2.12. The normalized spacial score (nSPS) is 13.3. The number of rotatable bonds is 4. The van der Waals surface area contributed by atoms with Gasteiger partial charge in [0.1, 0.15) is 4.83 Å². The fourth-order valence-corrected chi connectivity index (χ4v) is 3.27. The molecule has 5 heteroatoms. The van der Waals surface area contributed by atoms with Crippen LogP contribution in [0.2, 0.25) is 0 Å². The summed E-state index contributed by atoms with van der Waals surface area (Å²) >= 11 is 6.82. The minimum absolute atomic E-state index is 0.0336. The summed E-state index contributed by atoms with van der Waals surface area (Å²) in [6, 6.07) is 2.01. The molecule has 0 aliphatic carbocycles. The van der Waals surface area contributed by atoms with Crippen LogP contribution in [-0.4, -0.2) is 9.55 Å². The average Bonchev–Trinajstić information content (AvgIpc) is 2.74. The van der Waals surface area contributed by atoms with E-state index in [1.807, 2.05) is 11.4 Å². The van der Waals surface area contributed by atoms with Gasteiger partial charge in [0.2, 0.25) is 0 Å². The first-order valence-corrected chi connectivity index (χ1v) is 7.51. The number of hydrogen-bond donors (Lipinski definition) is 1. The lowest BCUT2D eigenvalue weighted by atomic mass is 10.0. The molecule has 0 saturated carbocycles. The van der Waals surface area contributed by atoms with Crippen LogP contribution in [-0.2, 0) is 0 Å². The molecule has 0 bridgehead atoms. The highest BCUT2D eigenvalue weighted by molar-refractivity contribution is 7.71. The van der Waals surface area contributed by atoms with Gasteiger partial charge in [-0.05, 0) is 49.3 Å². The second-order valence-corrected chi connectivity index (χ2v) is 6.39. The Kier molecular flexibility index (Phi) is 4.02. The summed E-state index contributed by atoms with van der Waals surface area (Å²) in [5.41, 5.74) is 0.0336. The zero-order valence-corrected chi connectivity index (χ0v) is 12.5. The molecule has 0 aliphatic rings. The lowest BCUT2D eigenvalue weighted by molar-refractivity contribution is 0.426. The minimum atomic E-state index is 0.0336. The number of fused-ring (bicyclic) bond motifs is 1. The third-order valence-electron chi connectivity index (χ3n) is 3.16. The van der Waals surface area contributed by atoms with Crippen molar-refractivity contribution in [3.63, 3.8) is 0 Å². The molecule has 18 heavy (non-hydrogen) atoms. The van der Waals surface area contributed by atoms with Crippen LogP contribution in [0.5, 0.6) is 0 Å². The van der Waals surface area contributed by atoms with Gasteiger partial charge in [0.25, 0.3) is 5.56 Å². The largest absolute Gasteiger partial charge is 0.323 e. The summed E-state index contributed by atoms with van der Waals surface area (Å²) in [4.78, 5) is 16.4. The van der Waals surface area contributed by atoms with E-state index in [1.54, 1.807) is 4.57 Å². The summed E-state index contributed by atoms with van der Waals surface area (Å²) in [7, 11) is 0. The van der Waals surface area contributed by atoms with Gasteiger partial charge in [-0.2, -0.15) is 0 Å². The molecule has 3 nitrogen and oxygen atoms in total. The van der Waals surface area contributed by atoms with Gasteiger partial charge in [0.05, 0.1) is 5.39 Å². The van der Waals surface area contributed by atoms with E-state index in [0.717, 1.165) is 23.1 Å². The highest BCUT2D eigenvalue weighted by atomic mass is 32.1. The zero-order chi connectivity index (χ0) is 13.3. The molecule has 0 fully saturated rings. The molecule has 2 aromatic heterocycles. The molecule has 2 heterocycles. The van der Waals surface area contributed by atoms with E-state index in [-0.39, 0.29) is 11.6 Å². The summed E-state index contributed by atoms with van der Waals surface area (Å²) in [6.45, 7) is 6.45. The summed E-state index contributed by atoms with van der Waals surface area (Å²) in [6.07, 6.45) is 2.08. The summed E-state index contributed by atoms with van der Waals surface area (Å²) in [5.74, 6) is 0.644. The standard InChI is InChI=1S/C13H18N2OS2/c1-8(2)4-5-9(3)15-12(16)10-6-7-18-11(10)14-13(15)17/h6-9H,4-5H2,1-3H3,(H,14,17). The van der Waals surface area contributed by atoms with Crippen molar-refractivity contribution >= 4 is 33.8 Å². The molecule has 2 rings (SSSR count). The Hall–Kier alpha value is -0.940. The molecule has 2 aromatic rings. The van der Waals surface area contributed by atoms with Gasteiger partial charge in [0.15, 0.2) is 4.77 Å². The number of thiophene rings is 1. The number of nitrogens with zero attached hydrogens (tertiary/aromatic N) is 1. The van der Waals surface area contributed by atoms with Crippen LogP contribution >= 0.6 is 23.6 Å².